The van der Waals surface area contributed by atoms with Crippen LogP contribution in [0.3, 0.4) is 0 Å². The molecule has 212 valence electrons. The second-order valence-electron chi connectivity index (χ2n) is 13.0. The molecule has 1 aliphatic carbocycles. The van der Waals surface area contributed by atoms with Crippen molar-refractivity contribution in [2.24, 2.45) is 0 Å². The predicted octanol–water partition coefficient (Wildman–Crippen LogP) is 11.5. The molecule has 2 heteroatoms. The maximum atomic E-state index is 3.70. The molecule has 2 heterocycles. The fraction of sp³-hybridized carbons (Fsp3) is 0.0698. The van der Waals surface area contributed by atoms with Gasteiger partial charge in [-0.2, -0.15) is 0 Å². The van der Waals surface area contributed by atoms with Crippen LogP contribution in [0.1, 0.15) is 25.0 Å². The Balaban J connectivity index is 1.21. The van der Waals surface area contributed by atoms with Gasteiger partial charge in [-0.3, -0.25) is 0 Å². The minimum atomic E-state index is -0.0455. The lowest BCUT2D eigenvalue weighted by molar-refractivity contribution is 0.660. The van der Waals surface area contributed by atoms with E-state index in [4.69, 9.17) is 0 Å². The number of hydrogen-bond donors (Lipinski definition) is 1. The SMILES string of the molecule is CC1(C)c2ccccc2-c2ccc(-n3c4ccccc4c4cc(-c5cc6[nH]c7ccccc7c6c6ccccc56)ccc43)cc21. The maximum absolute atomic E-state index is 3.70. The van der Waals surface area contributed by atoms with Gasteiger partial charge in [-0.05, 0) is 86.6 Å². The van der Waals surface area contributed by atoms with Gasteiger partial charge in [-0.25, -0.2) is 0 Å². The summed E-state index contributed by atoms with van der Waals surface area (Å²) in [6, 6.07) is 51.6. The van der Waals surface area contributed by atoms with Crippen LogP contribution in [0.15, 0.2) is 140 Å². The lowest BCUT2D eigenvalue weighted by Crippen LogP contribution is -2.15. The summed E-state index contributed by atoms with van der Waals surface area (Å²) < 4.78 is 2.45. The zero-order chi connectivity index (χ0) is 29.9. The van der Waals surface area contributed by atoms with Crippen molar-refractivity contribution in [2.75, 3.05) is 0 Å². The molecule has 1 aliphatic rings. The molecule has 0 saturated heterocycles. The molecule has 7 aromatic carbocycles. The summed E-state index contributed by atoms with van der Waals surface area (Å²) in [5.41, 5.74) is 13.9. The van der Waals surface area contributed by atoms with Gasteiger partial charge in [-0.1, -0.05) is 111 Å². The van der Waals surface area contributed by atoms with E-state index in [0.717, 1.165) is 0 Å². The molecule has 1 N–H and O–H groups in total. The van der Waals surface area contributed by atoms with Crippen LogP contribution >= 0.6 is 0 Å². The highest BCUT2D eigenvalue weighted by atomic mass is 15.0. The van der Waals surface area contributed by atoms with Crippen LogP contribution in [-0.4, -0.2) is 9.55 Å². The number of nitrogens with zero attached hydrogens (tertiary/aromatic N) is 1. The van der Waals surface area contributed by atoms with Crippen LogP contribution in [0.4, 0.5) is 0 Å². The molecular formula is C43H30N2. The van der Waals surface area contributed by atoms with E-state index in [-0.39, 0.29) is 5.41 Å². The van der Waals surface area contributed by atoms with E-state index in [2.05, 4.69) is 163 Å². The van der Waals surface area contributed by atoms with E-state index in [1.807, 2.05) is 0 Å². The van der Waals surface area contributed by atoms with Crippen LogP contribution in [0.25, 0.3) is 82.3 Å². The number of H-pyrrole nitrogens is 1. The summed E-state index contributed by atoms with van der Waals surface area (Å²) in [6.45, 7) is 4.71. The molecule has 10 rings (SSSR count). The summed E-state index contributed by atoms with van der Waals surface area (Å²) in [7, 11) is 0. The van der Waals surface area contributed by atoms with Gasteiger partial charge in [0, 0.05) is 43.7 Å². The number of fused-ring (bicyclic) bond motifs is 11. The van der Waals surface area contributed by atoms with Crippen molar-refractivity contribution in [3.8, 4) is 27.9 Å². The molecule has 2 nitrogen and oxygen atoms in total. The number of aromatic nitrogens is 2. The normalized spacial score (nSPS) is 13.7. The monoisotopic (exact) mass is 574 g/mol. The maximum Gasteiger partial charge on any atom is 0.0541 e. The van der Waals surface area contributed by atoms with Crippen molar-refractivity contribution in [1.82, 2.24) is 9.55 Å². The summed E-state index contributed by atoms with van der Waals surface area (Å²) >= 11 is 0. The molecule has 0 atom stereocenters. The average molecular weight is 575 g/mol. The van der Waals surface area contributed by atoms with Crippen molar-refractivity contribution < 1.29 is 0 Å². The number of para-hydroxylation sites is 2. The Morgan fingerprint density at radius 2 is 1.16 bits per heavy atom. The first-order valence-electron chi connectivity index (χ1n) is 15.8. The van der Waals surface area contributed by atoms with Crippen molar-refractivity contribution >= 4 is 54.4 Å². The van der Waals surface area contributed by atoms with Gasteiger partial charge in [-0.15, -0.1) is 0 Å². The fourth-order valence-electron chi connectivity index (χ4n) is 8.21. The van der Waals surface area contributed by atoms with Gasteiger partial charge < -0.3 is 9.55 Å². The van der Waals surface area contributed by atoms with Gasteiger partial charge in [0.05, 0.1) is 11.0 Å². The standard InChI is InChI=1S/C43H30N2/c1-43(2)36-16-8-5-12-29(36)30-21-20-27(24-37(30)43)45-40-18-10-7-13-31(40)35-23-26(19-22-41(35)45)34-25-39-42(32-14-4-3-11-28(32)34)33-15-6-9-17-38(33)44-39/h3-25,44H,1-2H3. The molecule has 9 aromatic rings. The minimum absolute atomic E-state index is 0.0455. The molecule has 0 unspecified atom stereocenters. The Morgan fingerprint density at radius 1 is 0.467 bits per heavy atom. The van der Waals surface area contributed by atoms with E-state index in [9.17, 15) is 0 Å². The van der Waals surface area contributed by atoms with Crippen LogP contribution in [0, 0.1) is 0 Å². The third kappa shape index (κ3) is 3.29. The Hall–Kier alpha value is -5.60. The summed E-state index contributed by atoms with van der Waals surface area (Å²) in [6.07, 6.45) is 0. The molecule has 0 spiro atoms. The molecule has 0 amide bonds. The average Bonchev–Trinajstić information content (AvgIpc) is 3.70. The van der Waals surface area contributed by atoms with Gasteiger partial charge in [0.1, 0.15) is 0 Å². The molecule has 0 saturated carbocycles. The third-order valence-electron chi connectivity index (χ3n) is 10.3. The fourth-order valence-corrected chi connectivity index (χ4v) is 8.21. The summed E-state index contributed by atoms with van der Waals surface area (Å²) in [4.78, 5) is 3.70. The number of hydrogen-bond acceptors (Lipinski definition) is 0. The summed E-state index contributed by atoms with van der Waals surface area (Å²) in [5.74, 6) is 0. The van der Waals surface area contributed by atoms with E-state index < -0.39 is 0 Å². The van der Waals surface area contributed by atoms with E-state index in [0.29, 0.717) is 0 Å². The molecule has 0 aliphatic heterocycles. The Labute approximate surface area is 261 Å². The molecular weight excluding hydrogens is 544 g/mol. The number of aromatic amines is 1. The van der Waals surface area contributed by atoms with Crippen molar-refractivity contribution in [3.63, 3.8) is 0 Å². The van der Waals surface area contributed by atoms with Crippen LogP contribution in [0.2, 0.25) is 0 Å². The zero-order valence-corrected chi connectivity index (χ0v) is 25.2. The van der Waals surface area contributed by atoms with Gasteiger partial charge in [0.2, 0.25) is 0 Å². The topological polar surface area (TPSA) is 20.7 Å². The van der Waals surface area contributed by atoms with E-state index in [1.54, 1.807) is 0 Å². The number of rotatable bonds is 2. The van der Waals surface area contributed by atoms with Gasteiger partial charge in [0.15, 0.2) is 0 Å². The van der Waals surface area contributed by atoms with Crippen LogP contribution in [0.5, 0.6) is 0 Å². The first-order valence-corrected chi connectivity index (χ1v) is 15.8. The highest BCUT2D eigenvalue weighted by molar-refractivity contribution is 6.23. The molecule has 45 heavy (non-hydrogen) atoms. The third-order valence-corrected chi connectivity index (χ3v) is 10.3. The summed E-state index contributed by atoms with van der Waals surface area (Å²) in [5, 5.41) is 7.67. The van der Waals surface area contributed by atoms with Crippen molar-refractivity contribution in [2.45, 2.75) is 19.3 Å². The van der Waals surface area contributed by atoms with Crippen LogP contribution in [-0.2, 0) is 5.41 Å². The van der Waals surface area contributed by atoms with Crippen LogP contribution < -0.4 is 0 Å². The molecule has 0 bridgehead atoms. The number of benzene rings is 7. The zero-order valence-electron chi connectivity index (χ0n) is 25.2. The first kappa shape index (κ1) is 24.8. The smallest absolute Gasteiger partial charge is 0.0541 e. The Bertz CT molecular complexity index is 2680. The van der Waals surface area contributed by atoms with Gasteiger partial charge >= 0.3 is 0 Å². The quantitative estimate of drug-likeness (QED) is 0.212. The second-order valence-corrected chi connectivity index (χ2v) is 13.0. The Morgan fingerprint density at radius 3 is 2.04 bits per heavy atom. The lowest BCUT2D eigenvalue weighted by Gasteiger charge is -2.22. The molecule has 0 fully saturated rings. The van der Waals surface area contributed by atoms with Crippen molar-refractivity contribution in [3.05, 3.63) is 151 Å². The molecule has 2 aromatic heterocycles. The number of nitrogens with one attached hydrogen (secondary N) is 1. The minimum Gasteiger partial charge on any atom is -0.354 e. The molecule has 0 radical (unpaired) electrons. The van der Waals surface area contributed by atoms with E-state index >= 15 is 0 Å². The van der Waals surface area contributed by atoms with Crippen molar-refractivity contribution in [1.29, 1.82) is 0 Å². The Kier molecular flexibility index (Phi) is 4.82. The largest absolute Gasteiger partial charge is 0.354 e. The highest BCUT2D eigenvalue weighted by Gasteiger charge is 2.35. The second kappa shape index (κ2) is 8.74. The highest BCUT2D eigenvalue weighted by Crippen LogP contribution is 2.49. The lowest BCUT2D eigenvalue weighted by atomic mass is 9.82. The van der Waals surface area contributed by atoms with E-state index in [1.165, 1.54) is 93.5 Å². The first-order chi connectivity index (χ1) is 22.1. The van der Waals surface area contributed by atoms with Gasteiger partial charge in [0.25, 0.3) is 0 Å². The predicted molar refractivity (Wildman–Crippen MR) is 191 cm³/mol.